The molecule has 0 aliphatic rings. The van der Waals surface area contributed by atoms with Gasteiger partial charge in [-0.05, 0) is 35.7 Å². The first-order valence-electron chi connectivity index (χ1n) is 4.75. The van der Waals surface area contributed by atoms with Gasteiger partial charge in [0.15, 0.2) is 5.78 Å². The zero-order valence-corrected chi connectivity index (χ0v) is 10.1. The molecule has 0 bridgehead atoms. The van der Waals surface area contributed by atoms with E-state index in [1.807, 2.05) is 23.6 Å². The first-order valence-corrected chi connectivity index (χ1v) is 6.44. The van der Waals surface area contributed by atoms with E-state index < -0.39 is 6.61 Å². The van der Waals surface area contributed by atoms with Crippen molar-refractivity contribution in [3.05, 3.63) is 40.6 Å². The lowest BCUT2D eigenvalue weighted by molar-refractivity contribution is -0.117. The highest BCUT2D eigenvalue weighted by Gasteiger charge is 2.01. The van der Waals surface area contributed by atoms with Crippen LogP contribution in [-0.4, -0.2) is 17.5 Å². The Hall–Kier alpha value is -1.23. The van der Waals surface area contributed by atoms with E-state index in [-0.39, 0.29) is 5.78 Å². The van der Waals surface area contributed by atoms with E-state index in [1.165, 1.54) is 15.8 Å². The van der Waals surface area contributed by atoms with Crippen LogP contribution in [0.3, 0.4) is 0 Å². The highest BCUT2D eigenvalue weighted by atomic mass is 32.1. The third-order valence-electron chi connectivity index (χ3n) is 1.98. The number of hydrogen-bond acceptors (Lipinski definition) is 4. The van der Waals surface area contributed by atoms with Gasteiger partial charge in [0, 0.05) is 14.6 Å². The van der Waals surface area contributed by atoms with Crippen molar-refractivity contribution in [3.63, 3.8) is 0 Å². The van der Waals surface area contributed by atoms with E-state index in [9.17, 15) is 4.79 Å². The SMILES string of the molecule is O=C(/C=C/c1ccc(-c2cccs2)s1)CO. The number of hydrogen-bond donors (Lipinski definition) is 1. The van der Waals surface area contributed by atoms with Gasteiger partial charge in [-0.25, -0.2) is 0 Å². The summed E-state index contributed by atoms with van der Waals surface area (Å²) in [7, 11) is 0. The van der Waals surface area contributed by atoms with Crippen LogP contribution < -0.4 is 0 Å². The molecule has 0 radical (unpaired) electrons. The normalized spacial score (nSPS) is 11.1. The number of rotatable bonds is 4. The van der Waals surface area contributed by atoms with Gasteiger partial charge in [-0.2, -0.15) is 0 Å². The molecule has 0 aliphatic carbocycles. The maximum absolute atomic E-state index is 10.9. The minimum atomic E-state index is -0.431. The largest absolute Gasteiger partial charge is 0.388 e. The Morgan fingerprint density at radius 3 is 2.88 bits per heavy atom. The lowest BCUT2D eigenvalue weighted by Gasteiger charge is -1.87. The van der Waals surface area contributed by atoms with Gasteiger partial charge in [-0.15, -0.1) is 22.7 Å². The molecule has 0 unspecified atom stereocenters. The highest BCUT2D eigenvalue weighted by Crippen LogP contribution is 2.31. The number of aliphatic hydroxyl groups is 1. The smallest absolute Gasteiger partial charge is 0.181 e. The van der Waals surface area contributed by atoms with Gasteiger partial charge in [-0.3, -0.25) is 4.79 Å². The van der Waals surface area contributed by atoms with Crippen LogP contribution in [0.4, 0.5) is 0 Å². The lowest BCUT2D eigenvalue weighted by atomic mass is 10.3. The fraction of sp³-hybridized carbons (Fsp3) is 0.0833. The summed E-state index contributed by atoms with van der Waals surface area (Å²) < 4.78 is 0. The molecular formula is C12H10O2S2. The molecule has 0 atom stereocenters. The summed E-state index contributed by atoms with van der Waals surface area (Å²) in [5, 5.41) is 10.6. The molecule has 2 aromatic rings. The number of aliphatic hydroxyl groups excluding tert-OH is 1. The summed E-state index contributed by atoms with van der Waals surface area (Å²) in [6.07, 6.45) is 3.14. The third kappa shape index (κ3) is 2.66. The van der Waals surface area contributed by atoms with Gasteiger partial charge in [0.05, 0.1) is 0 Å². The molecule has 0 aliphatic heterocycles. The first-order chi connectivity index (χ1) is 7.79. The Kier molecular flexibility index (Phi) is 3.66. The summed E-state index contributed by atoms with van der Waals surface area (Å²) in [5.41, 5.74) is 0. The van der Waals surface area contributed by atoms with Gasteiger partial charge >= 0.3 is 0 Å². The minimum Gasteiger partial charge on any atom is -0.388 e. The summed E-state index contributed by atoms with van der Waals surface area (Å²) in [6, 6.07) is 8.11. The van der Waals surface area contributed by atoms with Crippen LogP contribution in [0.2, 0.25) is 0 Å². The molecule has 2 heterocycles. The van der Waals surface area contributed by atoms with Crippen LogP contribution in [0.15, 0.2) is 35.7 Å². The van der Waals surface area contributed by atoms with Crippen molar-refractivity contribution in [1.29, 1.82) is 0 Å². The molecule has 0 saturated carbocycles. The first kappa shape index (κ1) is 11.3. The molecule has 0 fully saturated rings. The van der Waals surface area contributed by atoms with E-state index in [2.05, 4.69) is 6.07 Å². The molecule has 82 valence electrons. The van der Waals surface area contributed by atoms with Crippen LogP contribution in [0.1, 0.15) is 4.88 Å². The van der Waals surface area contributed by atoms with Gasteiger partial charge in [0.1, 0.15) is 6.61 Å². The van der Waals surface area contributed by atoms with Gasteiger partial charge in [0.2, 0.25) is 0 Å². The maximum atomic E-state index is 10.9. The van der Waals surface area contributed by atoms with E-state index in [0.717, 1.165) is 4.88 Å². The van der Waals surface area contributed by atoms with Crippen molar-refractivity contribution in [2.24, 2.45) is 0 Å². The predicted octanol–water partition coefficient (Wildman–Crippen LogP) is 3.05. The quantitative estimate of drug-likeness (QED) is 0.847. The molecule has 0 amide bonds. The fourth-order valence-electron chi connectivity index (χ4n) is 1.22. The Morgan fingerprint density at radius 1 is 1.31 bits per heavy atom. The number of ketones is 1. The number of thiophene rings is 2. The molecule has 4 heteroatoms. The molecular weight excluding hydrogens is 240 g/mol. The monoisotopic (exact) mass is 250 g/mol. The van der Waals surface area contributed by atoms with Crippen LogP contribution in [-0.2, 0) is 4.79 Å². The number of carbonyl (C=O) groups excluding carboxylic acids is 1. The Labute approximate surface area is 101 Å². The van der Waals surface area contributed by atoms with Crippen molar-refractivity contribution in [2.45, 2.75) is 0 Å². The van der Waals surface area contributed by atoms with Crippen molar-refractivity contribution < 1.29 is 9.90 Å². The second kappa shape index (κ2) is 5.21. The number of carbonyl (C=O) groups is 1. The average molecular weight is 250 g/mol. The molecule has 16 heavy (non-hydrogen) atoms. The van der Waals surface area contributed by atoms with Crippen molar-refractivity contribution in [3.8, 4) is 9.75 Å². The minimum absolute atomic E-state index is 0.272. The third-order valence-corrected chi connectivity index (χ3v) is 4.10. The molecule has 2 rings (SSSR count). The van der Waals surface area contributed by atoms with Crippen LogP contribution in [0.25, 0.3) is 15.8 Å². The molecule has 1 N–H and O–H groups in total. The summed E-state index contributed by atoms with van der Waals surface area (Å²) >= 11 is 3.33. The van der Waals surface area contributed by atoms with E-state index in [4.69, 9.17) is 5.11 Å². The second-order valence-corrected chi connectivity index (χ2v) is 5.20. The lowest BCUT2D eigenvalue weighted by Crippen LogP contribution is -1.97. The maximum Gasteiger partial charge on any atom is 0.181 e. The standard InChI is InChI=1S/C12H10O2S2/c13-8-9(14)3-4-10-5-6-12(16-10)11-2-1-7-15-11/h1-7,13H,8H2/b4-3+. The molecule has 2 aromatic heterocycles. The second-order valence-electron chi connectivity index (χ2n) is 3.14. The summed E-state index contributed by atoms with van der Waals surface area (Å²) in [4.78, 5) is 14.3. The van der Waals surface area contributed by atoms with Crippen molar-refractivity contribution in [1.82, 2.24) is 0 Å². The Bertz CT molecular complexity index is 495. The van der Waals surface area contributed by atoms with Crippen LogP contribution in [0.5, 0.6) is 0 Å². The topological polar surface area (TPSA) is 37.3 Å². The zero-order chi connectivity index (χ0) is 11.4. The summed E-state index contributed by atoms with van der Waals surface area (Å²) in [5.74, 6) is -0.272. The molecule has 0 saturated heterocycles. The molecule has 2 nitrogen and oxygen atoms in total. The Morgan fingerprint density at radius 2 is 2.19 bits per heavy atom. The van der Waals surface area contributed by atoms with Gasteiger partial charge < -0.3 is 5.11 Å². The average Bonchev–Trinajstić information content (AvgIpc) is 2.95. The van der Waals surface area contributed by atoms with Crippen LogP contribution >= 0.6 is 22.7 Å². The Balaban J connectivity index is 2.14. The molecule has 0 aromatic carbocycles. The van der Waals surface area contributed by atoms with Crippen molar-refractivity contribution in [2.75, 3.05) is 6.61 Å². The van der Waals surface area contributed by atoms with Gasteiger partial charge in [0.25, 0.3) is 0 Å². The predicted molar refractivity (Wildman–Crippen MR) is 68.8 cm³/mol. The van der Waals surface area contributed by atoms with E-state index in [1.54, 1.807) is 28.7 Å². The molecule has 0 spiro atoms. The van der Waals surface area contributed by atoms with Crippen molar-refractivity contribution >= 4 is 34.5 Å². The van der Waals surface area contributed by atoms with E-state index in [0.29, 0.717) is 0 Å². The zero-order valence-electron chi connectivity index (χ0n) is 8.42. The van der Waals surface area contributed by atoms with Gasteiger partial charge in [-0.1, -0.05) is 6.07 Å². The highest BCUT2D eigenvalue weighted by molar-refractivity contribution is 7.21. The van der Waals surface area contributed by atoms with E-state index >= 15 is 0 Å². The fourth-order valence-corrected chi connectivity index (χ4v) is 2.97. The van der Waals surface area contributed by atoms with Crippen LogP contribution in [0, 0.1) is 0 Å². The summed E-state index contributed by atoms with van der Waals surface area (Å²) in [6.45, 7) is -0.431.